The first kappa shape index (κ1) is 8.87. The van der Waals surface area contributed by atoms with Crippen molar-refractivity contribution in [3.8, 4) is 0 Å². The normalized spacial score (nSPS) is 15.5. The average molecular weight is 189 g/mol. The maximum atomic E-state index is 11.8. The van der Waals surface area contributed by atoms with Gasteiger partial charge >= 0.3 is 0 Å². The maximum Gasteiger partial charge on any atom is 0.227 e. The average Bonchev–Trinajstić information content (AvgIpc) is 2.65. The Labute approximate surface area is 82.3 Å². The van der Waals surface area contributed by atoms with E-state index in [1.165, 1.54) is 0 Å². The van der Waals surface area contributed by atoms with Crippen molar-refractivity contribution in [2.45, 2.75) is 6.42 Å². The van der Waals surface area contributed by atoms with Gasteiger partial charge in [0.2, 0.25) is 5.78 Å². The molecule has 2 rings (SSSR count). The van der Waals surface area contributed by atoms with E-state index in [0.717, 1.165) is 6.54 Å². The lowest BCUT2D eigenvalue weighted by Crippen LogP contribution is -2.13. The minimum absolute atomic E-state index is 0.0602. The van der Waals surface area contributed by atoms with Crippen LogP contribution in [0, 0.1) is 0 Å². The summed E-state index contributed by atoms with van der Waals surface area (Å²) in [6, 6.07) is 5.31. The number of hydrazone groups is 1. The first-order chi connectivity index (χ1) is 6.77. The van der Waals surface area contributed by atoms with Crippen molar-refractivity contribution in [3.05, 3.63) is 30.1 Å². The van der Waals surface area contributed by atoms with Crippen LogP contribution in [0.15, 0.2) is 29.5 Å². The number of ketones is 1. The van der Waals surface area contributed by atoms with Gasteiger partial charge in [0, 0.05) is 26.2 Å². The lowest BCUT2D eigenvalue weighted by atomic mass is 10.1. The van der Waals surface area contributed by atoms with Crippen LogP contribution < -0.4 is 0 Å². The zero-order valence-electron chi connectivity index (χ0n) is 7.97. The van der Waals surface area contributed by atoms with Crippen LogP contribution >= 0.6 is 0 Å². The van der Waals surface area contributed by atoms with Crippen LogP contribution in [0.25, 0.3) is 0 Å². The van der Waals surface area contributed by atoms with E-state index in [-0.39, 0.29) is 5.78 Å². The van der Waals surface area contributed by atoms with Gasteiger partial charge in [0.05, 0.1) is 0 Å². The molecule has 4 heteroatoms. The van der Waals surface area contributed by atoms with Gasteiger partial charge in [-0.2, -0.15) is 5.10 Å². The molecule has 0 unspecified atom stereocenters. The molecule has 0 fully saturated rings. The molecule has 4 nitrogen and oxygen atoms in total. The molecule has 0 N–H and O–H groups in total. The summed E-state index contributed by atoms with van der Waals surface area (Å²) in [6.45, 7) is 0.813. The van der Waals surface area contributed by atoms with Gasteiger partial charge in [-0.1, -0.05) is 6.07 Å². The molecule has 2 heterocycles. The fraction of sp³-hybridized carbons (Fsp3) is 0.300. The molecule has 72 valence electrons. The second-order valence-corrected chi connectivity index (χ2v) is 3.22. The second kappa shape index (κ2) is 3.57. The molecule has 0 atom stereocenters. The van der Waals surface area contributed by atoms with Crippen LogP contribution in [0.3, 0.4) is 0 Å². The van der Waals surface area contributed by atoms with E-state index in [4.69, 9.17) is 0 Å². The van der Waals surface area contributed by atoms with E-state index in [2.05, 4.69) is 10.1 Å². The number of carbonyl (C=O) groups is 1. The van der Waals surface area contributed by atoms with Crippen molar-refractivity contribution in [2.75, 3.05) is 13.6 Å². The smallest absolute Gasteiger partial charge is 0.227 e. The Morgan fingerprint density at radius 3 is 2.93 bits per heavy atom. The van der Waals surface area contributed by atoms with Crippen LogP contribution in [0.1, 0.15) is 16.9 Å². The van der Waals surface area contributed by atoms with Gasteiger partial charge in [0.1, 0.15) is 11.4 Å². The molecule has 1 aromatic rings. The largest absolute Gasteiger partial charge is 0.299 e. The molecular formula is C10H11N3O. The minimum Gasteiger partial charge on any atom is -0.299 e. The molecule has 1 aliphatic heterocycles. The summed E-state index contributed by atoms with van der Waals surface area (Å²) in [5.41, 5.74) is 1.08. The van der Waals surface area contributed by atoms with Crippen molar-refractivity contribution >= 4 is 11.5 Å². The molecular weight excluding hydrogens is 178 g/mol. The third-order valence-electron chi connectivity index (χ3n) is 2.12. The number of hydrogen-bond donors (Lipinski definition) is 0. The van der Waals surface area contributed by atoms with Gasteiger partial charge in [-0.25, -0.2) is 0 Å². The number of Topliss-reactive ketones (excluding diaryl/α,β-unsaturated/α-hetero) is 1. The number of aromatic nitrogens is 1. The third kappa shape index (κ3) is 1.64. The Morgan fingerprint density at radius 2 is 2.36 bits per heavy atom. The number of rotatable bonds is 2. The van der Waals surface area contributed by atoms with Gasteiger partial charge < -0.3 is 0 Å². The third-order valence-corrected chi connectivity index (χ3v) is 2.12. The summed E-state index contributed by atoms with van der Waals surface area (Å²) in [6.07, 6.45) is 2.33. The molecule has 0 saturated carbocycles. The van der Waals surface area contributed by atoms with E-state index < -0.39 is 0 Å². The van der Waals surface area contributed by atoms with Gasteiger partial charge in [-0.3, -0.25) is 14.8 Å². The molecule has 0 radical (unpaired) electrons. The molecule has 14 heavy (non-hydrogen) atoms. The summed E-state index contributed by atoms with van der Waals surface area (Å²) in [4.78, 5) is 15.8. The van der Waals surface area contributed by atoms with Gasteiger partial charge in [-0.15, -0.1) is 0 Å². The molecule has 1 aromatic heterocycles. The molecule has 0 bridgehead atoms. The van der Waals surface area contributed by atoms with Gasteiger partial charge in [0.15, 0.2) is 0 Å². The zero-order chi connectivity index (χ0) is 9.97. The van der Waals surface area contributed by atoms with E-state index in [1.807, 2.05) is 7.05 Å². The van der Waals surface area contributed by atoms with E-state index in [0.29, 0.717) is 17.8 Å². The first-order valence-electron chi connectivity index (χ1n) is 4.52. The maximum absolute atomic E-state index is 11.8. The summed E-state index contributed by atoms with van der Waals surface area (Å²) >= 11 is 0. The van der Waals surface area contributed by atoms with Crippen molar-refractivity contribution in [1.29, 1.82) is 0 Å². The van der Waals surface area contributed by atoms with Crippen LogP contribution in [0.2, 0.25) is 0 Å². The molecule has 0 amide bonds. The topological polar surface area (TPSA) is 45.6 Å². The van der Waals surface area contributed by atoms with Crippen molar-refractivity contribution in [2.24, 2.45) is 5.10 Å². The van der Waals surface area contributed by atoms with Crippen molar-refractivity contribution < 1.29 is 4.79 Å². The fourth-order valence-electron chi connectivity index (χ4n) is 1.38. The Balaban J connectivity index is 2.21. The van der Waals surface area contributed by atoms with Gasteiger partial charge in [-0.05, 0) is 12.1 Å². The highest BCUT2D eigenvalue weighted by atomic mass is 16.1. The summed E-state index contributed by atoms with van der Waals surface area (Å²) in [7, 11) is 1.86. The Morgan fingerprint density at radius 1 is 1.50 bits per heavy atom. The number of hydrogen-bond acceptors (Lipinski definition) is 4. The van der Waals surface area contributed by atoms with E-state index >= 15 is 0 Å². The van der Waals surface area contributed by atoms with Crippen LogP contribution in [-0.4, -0.2) is 35.1 Å². The second-order valence-electron chi connectivity index (χ2n) is 3.22. The minimum atomic E-state index is -0.0602. The first-order valence-corrected chi connectivity index (χ1v) is 4.52. The summed E-state index contributed by atoms with van der Waals surface area (Å²) < 4.78 is 0. The molecule has 0 saturated heterocycles. The standard InChI is InChI=1S/C10H11N3O/c1-13-7-5-9(12-13)10(14)8-4-2-3-6-11-8/h2-4,6H,5,7H2,1H3. The van der Waals surface area contributed by atoms with Crippen LogP contribution in [-0.2, 0) is 0 Å². The van der Waals surface area contributed by atoms with E-state index in [9.17, 15) is 4.79 Å². The lowest BCUT2D eigenvalue weighted by Gasteiger charge is -2.00. The predicted octanol–water partition coefficient (Wildman–Crippen LogP) is 0.956. The quantitative estimate of drug-likeness (QED) is 0.651. The van der Waals surface area contributed by atoms with Crippen LogP contribution in [0.4, 0.5) is 0 Å². The lowest BCUT2D eigenvalue weighted by molar-refractivity contribution is 0.106. The Bertz CT molecular complexity index is 372. The number of carbonyl (C=O) groups excluding carboxylic acids is 1. The zero-order valence-corrected chi connectivity index (χ0v) is 7.97. The monoisotopic (exact) mass is 189 g/mol. The number of nitrogens with zero attached hydrogens (tertiary/aromatic N) is 3. The van der Waals surface area contributed by atoms with E-state index in [1.54, 1.807) is 29.4 Å². The summed E-state index contributed by atoms with van der Waals surface area (Å²) in [5.74, 6) is -0.0602. The highest BCUT2D eigenvalue weighted by Crippen LogP contribution is 2.07. The van der Waals surface area contributed by atoms with Gasteiger partial charge in [0.25, 0.3) is 0 Å². The molecule has 0 aromatic carbocycles. The highest BCUT2D eigenvalue weighted by molar-refractivity contribution is 6.45. The van der Waals surface area contributed by atoms with Crippen LogP contribution in [0.5, 0.6) is 0 Å². The predicted molar refractivity (Wildman–Crippen MR) is 53.2 cm³/mol. The highest BCUT2D eigenvalue weighted by Gasteiger charge is 2.20. The molecule has 0 aliphatic carbocycles. The number of pyridine rings is 1. The molecule has 0 spiro atoms. The van der Waals surface area contributed by atoms with Crippen molar-refractivity contribution in [3.63, 3.8) is 0 Å². The Kier molecular flexibility index (Phi) is 2.26. The fourth-order valence-corrected chi connectivity index (χ4v) is 1.38. The summed E-state index contributed by atoms with van der Waals surface area (Å²) in [5, 5.41) is 5.90. The molecule has 1 aliphatic rings. The van der Waals surface area contributed by atoms with Crippen molar-refractivity contribution in [1.82, 2.24) is 9.99 Å². The Hall–Kier alpha value is -1.71. The SMILES string of the molecule is CN1CCC(C(=O)c2ccccn2)=N1.